The van der Waals surface area contributed by atoms with Crippen molar-refractivity contribution in [3.05, 3.63) is 30.2 Å². The Bertz CT molecular complexity index is 527. The molecule has 6 heteroatoms. The maximum absolute atomic E-state index is 9.75. The van der Waals surface area contributed by atoms with E-state index in [0.717, 1.165) is 5.56 Å². The van der Waals surface area contributed by atoms with E-state index in [2.05, 4.69) is 10.1 Å². The van der Waals surface area contributed by atoms with Gasteiger partial charge in [0.05, 0.1) is 12.2 Å². The van der Waals surface area contributed by atoms with Crippen molar-refractivity contribution in [2.24, 2.45) is 5.73 Å². The van der Waals surface area contributed by atoms with Crippen LogP contribution in [-0.4, -0.2) is 28.4 Å². The first kappa shape index (κ1) is 13.5. The van der Waals surface area contributed by atoms with E-state index < -0.39 is 6.10 Å². The molecule has 0 spiro atoms. The number of aromatic nitrogens is 2. The Morgan fingerprint density at radius 3 is 2.95 bits per heavy atom. The minimum Gasteiger partial charge on any atom is -0.493 e. The van der Waals surface area contributed by atoms with Crippen molar-refractivity contribution in [1.82, 2.24) is 10.1 Å². The minimum atomic E-state index is -0.828. The van der Waals surface area contributed by atoms with Gasteiger partial charge < -0.3 is 20.1 Å². The zero-order chi connectivity index (χ0) is 13.7. The molecule has 1 unspecified atom stereocenters. The number of aliphatic hydroxyl groups excluding tert-OH is 1. The third kappa shape index (κ3) is 3.10. The summed E-state index contributed by atoms with van der Waals surface area (Å²) in [5.41, 5.74) is 6.11. The Morgan fingerprint density at radius 1 is 1.42 bits per heavy atom. The summed E-state index contributed by atoms with van der Waals surface area (Å²) in [6.07, 6.45) is -0.445. The van der Waals surface area contributed by atoms with E-state index in [1.165, 1.54) is 0 Å². The fraction of sp³-hybridized carbons (Fsp3) is 0.385. The van der Waals surface area contributed by atoms with E-state index in [-0.39, 0.29) is 5.89 Å². The summed E-state index contributed by atoms with van der Waals surface area (Å²) in [5.74, 6) is 1.26. The second-order valence-electron chi connectivity index (χ2n) is 3.98. The van der Waals surface area contributed by atoms with Crippen molar-refractivity contribution in [2.45, 2.75) is 19.4 Å². The second-order valence-corrected chi connectivity index (χ2v) is 3.98. The number of aliphatic hydroxyl groups is 1. The molecule has 2 rings (SSSR count). The molecule has 0 radical (unpaired) electrons. The summed E-state index contributed by atoms with van der Waals surface area (Å²) in [6, 6.07) is 7.42. The Hall–Kier alpha value is -1.92. The molecule has 0 fully saturated rings. The van der Waals surface area contributed by atoms with E-state index in [0.29, 0.717) is 31.1 Å². The Kier molecular flexibility index (Phi) is 4.48. The van der Waals surface area contributed by atoms with Crippen molar-refractivity contribution < 1.29 is 14.4 Å². The van der Waals surface area contributed by atoms with Crippen LogP contribution < -0.4 is 10.5 Å². The molecule has 1 atom stereocenters. The van der Waals surface area contributed by atoms with Gasteiger partial charge in [-0.05, 0) is 32.0 Å². The topological polar surface area (TPSA) is 94.4 Å². The molecular weight excluding hydrogens is 246 g/mol. The number of nitrogens with zero attached hydrogens (tertiary/aromatic N) is 2. The van der Waals surface area contributed by atoms with Crippen molar-refractivity contribution >= 4 is 0 Å². The summed E-state index contributed by atoms with van der Waals surface area (Å²) in [7, 11) is 0. The van der Waals surface area contributed by atoms with Crippen LogP contribution in [0.15, 0.2) is 28.8 Å². The van der Waals surface area contributed by atoms with Gasteiger partial charge in [-0.3, -0.25) is 0 Å². The zero-order valence-corrected chi connectivity index (χ0v) is 10.7. The highest BCUT2D eigenvalue weighted by Gasteiger charge is 2.18. The van der Waals surface area contributed by atoms with Crippen LogP contribution in [0.1, 0.15) is 25.3 Å². The monoisotopic (exact) mass is 263 g/mol. The first-order valence-corrected chi connectivity index (χ1v) is 6.20. The molecule has 3 N–H and O–H groups in total. The molecule has 6 nitrogen and oxygen atoms in total. The number of benzene rings is 1. The molecule has 0 bridgehead atoms. The van der Waals surface area contributed by atoms with Crippen molar-refractivity contribution in [3.63, 3.8) is 0 Å². The maximum atomic E-state index is 9.75. The molecule has 1 aromatic heterocycles. The summed E-state index contributed by atoms with van der Waals surface area (Å²) in [6.45, 7) is 2.81. The Morgan fingerprint density at radius 2 is 2.21 bits per heavy atom. The van der Waals surface area contributed by atoms with E-state index in [4.69, 9.17) is 15.0 Å². The number of ether oxygens (including phenoxy) is 1. The third-order valence-electron chi connectivity index (χ3n) is 2.59. The first-order valence-electron chi connectivity index (χ1n) is 6.20. The normalized spacial score (nSPS) is 12.4. The highest BCUT2D eigenvalue weighted by Crippen LogP contribution is 2.28. The van der Waals surface area contributed by atoms with Gasteiger partial charge >= 0.3 is 0 Å². The van der Waals surface area contributed by atoms with Crippen molar-refractivity contribution in [1.29, 1.82) is 0 Å². The molecule has 0 amide bonds. The van der Waals surface area contributed by atoms with Crippen LogP contribution in [0, 0.1) is 0 Å². The molecule has 1 heterocycles. The zero-order valence-electron chi connectivity index (χ0n) is 10.7. The van der Waals surface area contributed by atoms with Gasteiger partial charge in [-0.1, -0.05) is 17.3 Å². The maximum Gasteiger partial charge on any atom is 0.255 e. The molecule has 0 aliphatic carbocycles. The van der Waals surface area contributed by atoms with Gasteiger partial charge in [-0.15, -0.1) is 0 Å². The lowest BCUT2D eigenvalue weighted by Gasteiger charge is -2.06. The van der Waals surface area contributed by atoms with Gasteiger partial charge in [0.1, 0.15) is 11.9 Å². The van der Waals surface area contributed by atoms with E-state index in [9.17, 15) is 5.11 Å². The molecule has 2 aromatic rings. The van der Waals surface area contributed by atoms with Gasteiger partial charge in [0.25, 0.3) is 5.89 Å². The van der Waals surface area contributed by atoms with Crippen molar-refractivity contribution in [3.8, 4) is 17.1 Å². The molecule has 19 heavy (non-hydrogen) atoms. The quantitative estimate of drug-likeness (QED) is 0.820. The van der Waals surface area contributed by atoms with E-state index in [1.54, 1.807) is 0 Å². The highest BCUT2D eigenvalue weighted by molar-refractivity contribution is 5.63. The fourth-order valence-electron chi connectivity index (χ4n) is 1.69. The van der Waals surface area contributed by atoms with Gasteiger partial charge in [-0.25, -0.2) is 0 Å². The molecule has 102 valence electrons. The lowest BCUT2D eigenvalue weighted by Crippen LogP contribution is -2.06. The standard InChI is InChI=1S/C13H17N3O3/c1-2-18-11-6-4-3-5-9(11)12-15-13(19-16-12)10(17)7-8-14/h3-6,10,17H,2,7-8,14H2,1H3. The third-order valence-corrected chi connectivity index (χ3v) is 2.59. The molecule has 0 saturated heterocycles. The van der Waals surface area contributed by atoms with Crippen LogP contribution >= 0.6 is 0 Å². The Labute approximate surface area is 111 Å². The summed E-state index contributed by atoms with van der Waals surface area (Å²) in [5, 5.41) is 13.6. The molecule has 1 aromatic carbocycles. The van der Waals surface area contributed by atoms with Gasteiger partial charge in [0.2, 0.25) is 5.82 Å². The average molecular weight is 263 g/mol. The smallest absolute Gasteiger partial charge is 0.255 e. The first-order chi connectivity index (χ1) is 9.26. The van der Waals surface area contributed by atoms with Crippen LogP contribution in [0.3, 0.4) is 0 Å². The van der Waals surface area contributed by atoms with Crippen LogP contribution in [0.5, 0.6) is 5.75 Å². The van der Waals surface area contributed by atoms with E-state index >= 15 is 0 Å². The fourth-order valence-corrected chi connectivity index (χ4v) is 1.69. The van der Waals surface area contributed by atoms with Gasteiger partial charge in [0.15, 0.2) is 0 Å². The van der Waals surface area contributed by atoms with Gasteiger partial charge in [-0.2, -0.15) is 4.98 Å². The predicted molar refractivity (Wildman–Crippen MR) is 69.5 cm³/mol. The lowest BCUT2D eigenvalue weighted by atomic mass is 10.2. The van der Waals surface area contributed by atoms with Crippen LogP contribution in [0.25, 0.3) is 11.4 Å². The van der Waals surface area contributed by atoms with E-state index in [1.807, 2.05) is 31.2 Å². The predicted octanol–water partition coefficient (Wildman–Crippen LogP) is 1.52. The summed E-state index contributed by atoms with van der Waals surface area (Å²) >= 11 is 0. The lowest BCUT2D eigenvalue weighted by molar-refractivity contribution is 0.127. The van der Waals surface area contributed by atoms with Gasteiger partial charge in [0, 0.05) is 0 Å². The number of hydrogen-bond acceptors (Lipinski definition) is 6. The summed E-state index contributed by atoms with van der Waals surface area (Å²) < 4.78 is 10.5. The van der Waals surface area contributed by atoms with Crippen molar-refractivity contribution in [2.75, 3.05) is 13.2 Å². The average Bonchev–Trinajstić information content (AvgIpc) is 2.90. The number of rotatable bonds is 6. The van der Waals surface area contributed by atoms with Crippen LogP contribution in [-0.2, 0) is 0 Å². The Balaban J connectivity index is 2.27. The SMILES string of the molecule is CCOc1ccccc1-c1noc(C(O)CCN)n1. The van der Waals surface area contributed by atoms with Crippen LogP contribution in [0.2, 0.25) is 0 Å². The molecular formula is C13H17N3O3. The number of nitrogens with two attached hydrogens (primary N) is 1. The molecule has 0 aliphatic heterocycles. The number of para-hydroxylation sites is 1. The molecule has 0 saturated carbocycles. The second kappa shape index (κ2) is 6.31. The number of hydrogen-bond donors (Lipinski definition) is 2. The summed E-state index contributed by atoms with van der Waals surface area (Å²) in [4.78, 5) is 4.18. The van der Waals surface area contributed by atoms with Crippen LogP contribution in [0.4, 0.5) is 0 Å². The molecule has 0 aliphatic rings. The minimum absolute atomic E-state index is 0.173. The highest BCUT2D eigenvalue weighted by atomic mass is 16.5. The largest absolute Gasteiger partial charge is 0.493 e.